The molecule has 0 spiro atoms. The maximum atomic E-state index is 12.1. The maximum absolute atomic E-state index is 12.1. The second kappa shape index (κ2) is 9.89. The van der Waals surface area contributed by atoms with Crippen molar-refractivity contribution >= 4 is 30.7 Å². The lowest BCUT2D eigenvalue weighted by Crippen LogP contribution is -2.52. The first kappa shape index (κ1) is 20.0. The quantitative estimate of drug-likeness (QED) is 0.317. The molecule has 0 aliphatic rings. The van der Waals surface area contributed by atoms with Gasteiger partial charge < -0.3 is 18.0 Å². The highest BCUT2D eigenvalue weighted by Gasteiger charge is 2.50. The van der Waals surface area contributed by atoms with Crippen LogP contribution in [0, 0.1) is 0 Å². The number of rotatable bonds is 11. The molecule has 0 rings (SSSR count). The van der Waals surface area contributed by atoms with Crippen molar-refractivity contribution in [3.05, 3.63) is 0 Å². The average molecular weight is 371 g/mol. The molecule has 20 heavy (non-hydrogen) atoms. The second-order valence-corrected chi connectivity index (χ2v) is 8.83. The lowest BCUT2D eigenvalue weighted by molar-refractivity contribution is -0.145. The van der Waals surface area contributed by atoms with Gasteiger partial charge in [0.15, 0.2) is 0 Å². The van der Waals surface area contributed by atoms with E-state index in [1.54, 1.807) is 6.92 Å². The molecule has 0 aromatic carbocycles. The van der Waals surface area contributed by atoms with Crippen LogP contribution >= 0.6 is 15.9 Å². The van der Waals surface area contributed by atoms with E-state index in [0.717, 1.165) is 6.42 Å². The van der Waals surface area contributed by atoms with Crippen LogP contribution in [-0.2, 0) is 22.8 Å². The molecule has 0 N–H and O–H groups in total. The molecule has 0 heterocycles. The summed E-state index contributed by atoms with van der Waals surface area (Å²) in [7, 11) is -2.88. The third-order valence-corrected chi connectivity index (χ3v) is 6.95. The van der Waals surface area contributed by atoms with Gasteiger partial charge in [0.2, 0.25) is 0 Å². The summed E-state index contributed by atoms with van der Waals surface area (Å²) in [6.45, 7) is 11.3. The molecule has 0 aromatic rings. The zero-order valence-corrected chi connectivity index (χ0v) is 15.7. The molecular formula is C13H27BrO5Si. The molecule has 0 bridgehead atoms. The van der Waals surface area contributed by atoms with Gasteiger partial charge in [-0.1, -0.05) is 22.9 Å². The Hall–Kier alpha value is 0.0469. The molecule has 7 heteroatoms. The Bertz CT molecular complexity index is 269. The summed E-state index contributed by atoms with van der Waals surface area (Å²) >= 11 is 3.44. The van der Waals surface area contributed by atoms with Gasteiger partial charge in [0.1, 0.15) is 4.32 Å². The number of carbonyl (C=O) groups is 1. The summed E-state index contributed by atoms with van der Waals surface area (Å²) in [5.74, 6) is -0.310. The van der Waals surface area contributed by atoms with E-state index in [1.807, 2.05) is 27.7 Å². The van der Waals surface area contributed by atoms with Crippen molar-refractivity contribution in [3.8, 4) is 0 Å². The molecule has 5 nitrogen and oxygen atoms in total. The van der Waals surface area contributed by atoms with Gasteiger partial charge >= 0.3 is 14.8 Å². The number of hydrogen-bond acceptors (Lipinski definition) is 5. The summed E-state index contributed by atoms with van der Waals surface area (Å²) < 4.78 is 21.6. The number of esters is 1. The number of ether oxygens (including phenoxy) is 1. The van der Waals surface area contributed by atoms with Crippen molar-refractivity contribution in [2.24, 2.45) is 0 Å². The molecule has 0 saturated carbocycles. The minimum atomic E-state index is -2.88. The lowest BCUT2D eigenvalue weighted by Gasteiger charge is -2.33. The average Bonchev–Trinajstić information content (AvgIpc) is 2.36. The highest BCUT2D eigenvalue weighted by molar-refractivity contribution is 9.10. The Balaban J connectivity index is 4.95. The van der Waals surface area contributed by atoms with Crippen LogP contribution in [0.2, 0.25) is 6.04 Å². The van der Waals surface area contributed by atoms with Crippen LogP contribution in [0.4, 0.5) is 0 Å². The summed E-state index contributed by atoms with van der Waals surface area (Å²) in [5.41, 5.74) is 0. The van der Waals surface area contributed by atoms with Crippen molar-refractivity contribution in [1.82, 2.24) is 0 Å². The molecular weight excluding hydrogens is 344 g/mol. The van der Waals surface area contributed by atoms with Gasteiger partial charge in [-0.25, -0.2) is 0 Å². The topological polar surface area (TPSA) is 54.0 Å². The summed E-state index contributed by atoms with van der Waals surface area (Å²) in [6, 6.07) is 0.345. The molecule has 1 atom stereocenters. The maximum Gasteiger partial charge on any atom is 0.502 e. The van der Waals surface area contributed by atoms with E-state index in [1.165, 1.54) is 0 Å². The van der Waals surface area contributed by atoms with E-state index in [2.05, 4.69) is 15.9 Å². The van der Waals surface area contributed by atoms with Crippen LogP contribution < -0.4 is 0 Å². The fourth-order valence-corrected chi connectivity index (χ4v) is 5.74. The minimum absolute atomic E-state index is 0.310. The standard InChI is InChI=1S/C13H27BrO5Si/c1-6-10-16-12(15)13(5,14)11-20(17-7-2,18-8-3)19-9-4/h6-11H2,1-5H3. The van der Waals surface area contributed by atoms with Crippen LogP contribution in [0.15, 0.2) is 0 Å². The predicted molar refractivity (Wildman–Crippen MR) is 84.0 cm³/mol. The number of hydrogen-bond donors (Lipinski definition) is 0. The molecule has 0 aliphatic heterocycles. The van der Waals surface area contributed by atoms with Crippen LogP contribution in [-0.4, -0.2) is 45.5 Å². The Kier molecular flexibility index (Phi) is 9.91. The third kappa shape index (κ3) is 6.67. The van der Waals surface area contributed by atoms with Gasteiger partial charge in [-0.05, 0) is 34.1 Å². The molecule has 1 unspecified atom stereocenters. The molecule has 0 aliphatic carbocycles. The highest BCUT2D eigenvalue weighted by Crippen LogP contribution is 2.32. The molecule has 120 valence electrons. The van der Waals surface area contributed by atoms with Gasteiger partial charge in [-0.2, -0.15) is 0 Å². The zero-order valence-electron chi connectivity index (χ0n) is 13.2. The van der Waals surface area contributed by atoms with Crippen molar-refractivity contribution in [2.45, 2.75) is 51.4 Å². The molecule has 0 fully saturated rings. The minimum Gasteiger partial charge on any atom is -0.465 e. The van der Waals surface area contributed by atoms with Crippen molar-refractivity contribution in [3.63, 3.8) is 0 Å². The first-order chi connectivity index (χ1) is 9.37. The van der Waals surface area contributed by atoms with E-state index in [9.17, 15) is 4.79 Å². The Morgan fingerprint density at radius 3 is 1.85 bits per heavy atom. The molecule has 0 radical (unpaired) electrons. The van der Waals surface area contributed by atoms with Gasteiger partial charge in [0, 0.05) is 25.9 Å². The van der Waals surface area contributed by atoms with E-state index in [4.69, 9.17) is 18.0 Å². The molecule has 0 saturated heterocycles. The van der Waals surface area contributed by atoms with Gasteiger partial charge in [-0.3, -0.25) is 4.79 Å². The molecule has 0 aromatic heterocycles. The SMILES string of the molecule is CCCOC(=O)C(C)(Br)C[Si](OCC)(OCC)OCC. The number of halogens is 1. The molecule has 0 amide bonds. The zero-order chi connectivity index (χ0) is 15.6. The Morgan fingerprint density at radius 2 is 1.50 bits per heavy atom. The highest BCUT2D eigenvalue weighted by atomic mass is 79.9. The fourth-order valence-electron chi connectivity index (χ4n) is 1.76. The monoisotopic (exact) mass is 370 g/mol. The van der Waals surface area contributed by atoms with Crippen LogP contribution in [0.25, 0.3) is 0 Å². The van der Waals surface area contributed by atoms with Gasteiger partial charge in [0.05, 0.1) is 6.61 Å². The van der Waals surface area contributed by atoms with Gasteiger partial charge in [-0.15, -0.1) is 0 Å². The fraction of sp³-hybridized carbons (Fsp3) is 0.923. The van der Waals surface area contributed by atoms with E-state index in [-0.39, 0.29) is 5.97 Å². The Morgan fingerprint density at radius 1 is 1.05 bits per heavy atom. The normalized spacial score (nSPS) is 14.9. The summed E-state index contributed by atoms with van der Waals surface area (Å²) in [5, 5.41) is 0. The summed E-state index contributed by atoms with van der Waals surface area (Å²) in [6.07, 6.45) is 0.791. The summed E-state index contributed by atoms with van der Waals surface area (Å²) in [4.78, 5) is 12.1. The number of carbonyl (C=O) groups excluding carboxylic acids is 1. The first-order valence-electron chi connectivity index (χ1n) is 7.15. The predicted octanol–water partition coefficient (Wildman–Crippen LogP) is 3.14. The van der Waals surface area contributed by atoms with E-state index >= 15 is 0 Å². The van der Waals surface area contributed by atoms with Crippen molar-refractivity contribution in [1.29, 1.82) is 0 Å². The van der Waals surface area contributed by atoms with Gasteiger partial charge in [0.25, 0.3) is 0 Å². The smallest absolute Gasteiger partial charge is 0.465 e. The van der Waals surface area contributed by atoms with Crippen LogP contribution in [0.1, 0.15) is 41.0 Å². The largest absolute Gasteiger partial charge is 0.502 e. The third-order valence-electron chi connectivity index (χ3n) is 2.50. The lowest BCUT2D eigenvalue weighted by atomic mass is 10.2. The van der Waals surface area contributed by atoms with Crippen LogP contribution in [0.5, 0.6) is 0 Å². The van der Waals surface area contributed by atoms with Crippen LogP contribution in [0.3, 0.4) is 0 Å². The second-order valence-electron chi connectivity index (χ2n) is 4.49. The van der Waals surface area contributed by atoms with Crippen molar-refractivity contribution < 1.29 is 22.8 Å². The van der Waals surface area contributed by atoms with E-state index < -0.39 is 13.1 Å². The Labute approximate surface area is 131 Å². The number of alkyl halides is 1. The van der Waals surface area contributed by atoms with Crippen molar-refractivity contribution in [2.75, 3.05) is 26.4 Å². The van der Waals surface area contributed by atoms with E-state index in [0.29, 0.717) is 32.5 Å². The first-order valence-corrected chi connectivity index (χ1v) is 9.87.